The van der Waals surface area contributed by atoms with Crippen molar-refractivity contribution in [3.8, 4) is 5.75 Å². The summed E-state index contributed by atoms with van der Waals surface area (Å²) in [6.07, 6.45) is 9.15. The molecule has 0 spiro atoms. The monoisotopic (exact) mass is 463 g/mol. The number of aryl methyl sites for hydroxylation is 1. The Morgan fingerprint density at radius 3 is 2.62 bits per heavy atom. The quantitative estimate of drug-likeness (QED) is 0.627. The molecule has 5 rings (SSSR count). The number of nitrogens with zero attached hydrogens (tertiary/aromatic N) is 4. The number of benzene rings is 1. The Morgan fingerprint density at radius 2 is 1.91 bits per heavy atom. The first kappa shape index (κ1) is 22.2. The molecule has 2 fully saturated rings. The maximum Gasteiger partial charge on any atom is 0.274 e. The number of methoxy groups -OCH3 is 1. The smallest absolute Gasteiger partial charge is 0.274 e. The molecule has 34 heavy (non-hydrogen) atoms. The first-order valence-electron chi connectivity index (χ1n) is 11.8. The van der Waals surface area contributed by atoms with Crippen molar-refractivity contribution in [2.45, 2.75) is 50.6 Å². The Balaban J connectivity index is 1.35. The number of hydrogen-bond donors (Lipinski definition) is 1. The van der Waals surface area contributed by atoms with Crippen molar-refractivity contribution in [3.05, 3.63) is 52.6 Å². The van der Waals surface area contributed by atoms with Gasteiger partial charge in [0.05, 0.1) is 24.2 Å². The van der Waals surface area contributed by atoms with Gasteiger partial charge >= 0.3 is 0 Å². The molecule has 2 aliphatic rings. The number of nitrogens with one attached hydrogen (secondary N) is 1. The van der Waals surface area contributed by atoms with E-state index in [0.29, 0.717) is 29.7 Å². The summed E-state index contributed by atoms with van der Waals surface area (Å²) in [4.78, 5) is 39.4. The Bertz CT molecular complexity index is 1300. The van der Waals surface area contributed by atoms with E-state index in [0.717, 1.165) is 49.6 Å². The molecule has 0 atom stereocenters. The van der Waals surface area contributed by atoms with Crippen LogP contribution in [0.15, 0.2) is 41.5 Å². The molecule has 1 aliphatic heterocycles. The molecule has 2 amide bonds. The predicted octanol–water partition coefficient (Wildman–Crippen LogP) is 3.10. The van der Waals surface area contributed by atoms with Crippen molar-refractivity contribution in [1.82, 2.24) is 19.2 Å². The number of aromatic nitrogens is 3. The van der Waals surface area contributed by atoms with Crippen molar-refractivity contribution < 1.29 is 14.3 Å². The van der Waals surface area contributed by atoms with Crippen LogP contribution in [0.5, 0.6) is 5.75 Å². The fourth-order valence-electron chi connectivity index (χ4n) is 5.18. The van der Waals surface area contributed by atoms with E-state index in [1.165, 1.54) is 11.7 Å². The van der Waals surface area contributed by atoms with Crippen LogP contribution >= 0.6 is 0 Å². The number of amides is 2. The Morgan fingerprint density at radius 1 is 1.15 bits per heavy atom. The van der Waals surface area contributed by atoms with Gasteiger partial charge in [0, 0.05) is 49.9 Å². The second-order valence-electron chi connectivity index (χ2n) is 9.17. The van der Waals surface area contributed by atoms with Crippen LogP contribution in [0.2, 0.25) is 0 Å². The summed E-state index contributed by atoms with van der Waals surface area (Å²) in [5, 5.41) is 8.30. The van der Waals surface area contributed by atoms with Gasteiger partial charge in [-0.25, -0.2) is 0 Å². The molecule has 1 aliphatic carbocycles. The van der Waals surface area contributed by atoms with Crippen LogP contribution < -0.4 is 15.6 Å². The van der Waals surface area contributed by atoms with Gasteiger partial charge in [-0.2, -0.15) is 5.10 Å². The second-order valence-corrected chi connectivity index (χ2v) is 9.17. The molecule has 1 saturated heterocycles. The van der Waals surface area contributed by atoms with Gasteiger partial charge in [-0.15, -0.1) is 0 Å². The summed E-state index contributed by atoms with van der Waals surface area (Å²) in [6, 6.07) is 7.41. The average Bonchev–Trinajstić information content (AvgIpc) is 3.46. The number of carbonyl (C=O) groups is 2. The lowest BCUT2D eigenvalue weighted by Crippen LogP contribution is -2.39. The van der Waals surface area contributed by atoms with Crippen molar-refractivity contribution in [1.29, 1.82) is 0 Å². The van der Waals surface area contributed by atoms with Crippen LogP contribution in [0.25, 0.3) is 10.9 Å². The summed E-state index contributed by atoms with van der Waals surface area (Å²) in [7, 11) is 3.15. The molecular weight excluding hydrogens is 434 g/mol. The third-order valence-corrected chi connectivity index (χ3v) is 7.05. The van der Waals surface area contributed by atoms with Gasteiger partial charge in [0.1, 0.15) is 11.4 Å². The van der Waals surface area contributed by atoms with Gasteiger partial charge in [-0.3, -0.25) is 19.1 Å². The number of carbonyl (C=O) groups excluding carboxylic acids is 2. The molecule has 9 heteroatoms. The van der Waals surface area contributed by atoms with E-state index in [1.807, 2.05) is 10.9 Å². The summed E-state index contributed by atoms with van der Waals surface area (Å²) in [6.45, 7) is 0.888. The van der Waals surface area contributed by atoms with Crippen LogP contribution in [-0.2, 0) is 11.8 Å². The van der Waals surface area contributed by atoms with Crippen molar-refractivity contribution in [2.75, 3.05) is 19.0 Å². The zero-order valence-corrected chi connectivity index (χ0v) is 19.5. The minimum atomic E-state index is -0.411. The largest absolute Gasteiger partial charge is 0.496 e. The molecule has 0 radical (unpaired) electrons. The molecule has 1 saturated carbocycles. The Labute approximate surface area is 197 Å². The number of likely N-dealkylation sites (tertiary alicyclic amines) is 1. The summed E-state index contributed by atoms with van der Waals surface area (Å²) in [5.74, 6) is 0.282. The normalized spacial score (nSPS) is 20.6. The lowest BCUT2D eigenvalue weighted by Gasteiger charge is -2.34. The number of fused-ring (bicyclic) bond motifs is 1. The predicted molar refractivity (Wildman–Crippen MR) is 128 cm³/mol. The van der Waals surface area contributed by atoms with Gasteiger partial charge in [-0.05, 0) is 50.3 Å². The molecule has 0 bridgehead atoms. The van der Waals surface area contributed by atoms with Crippen LogP contribution in [0.4, 0.5) is 5.69 Å². The molecule has 1 aromatic carbocycles. The summed E-state index contributed by atoms with van der Waals surface area (Å²) < 4.78 is 8.87. The van der Waals surface area contributed by atoms with Crippen LogP contribution in [0.1, 0.15) is 54.9 Å². The fourth-order valence-corrected chi connectivity index (χ4v) is 5.18. The lowest BCUT2D eigenvalue weighted by atomic mass is 9.90. The van der Waals surface area contributed by atoms with Crippen LogP contribution in [0, 0.1) is 0 Å². The standard InChI is InChI=1S/C25H29N5O4/c1-28-11-3-5-20(25(28)33)26-24(32)19-13-16-15-30(27-21(16)14-22(19)34-2)18-9-7-17(8-10-18)29-12-4-6-23(29)31/h3,5,11,13-15,17-18H,4,6-10,12H2,1-2H3,(H,26,32)/t17-,18-. The van der Waals surface area contributed by atoms with Gasteiger partial charge in [0.15, 0.2) is 0 Å². The minimum Gasteiger partial charge on any atom is -0.496 e. The Hall–Kier alpha value is -3.62. The lowest BCUT2D eigenvalue weighted by molar-refractivity contribution is -0.130. The van der Waals surface area contributed by atoms with E-state index in [2.05, 4.69) is 10.2 Å². The molecule has 1 N–H and O–H groups in total. The SMILES string of the molecule is COc1cc2nn([C@H]3CC[C@H](N4CCCC4=O)CC3)cc2cc1C(=O)Nc1cccn(C)c1=O. The van der Waals surface area contributed by atoms with E-state index < -0.39 is 5.91 Å². The van der Waals surface area contributed by atoms with Gasteiger partial charge in [0.2, 0.25) is 5.91 Å². The maximum absolute atomic E-state index is 13.0. The molecule has 178 valence electrons. The molecule has 3 aromatic rings. The first-order chi connectivity index (χ1) is 16.4. The summed E-state index contributed by atoms with van der Waals surface area (Å²) >= 11 is 0. The third kappa shape index (κ3) is 4.06. The Kier molecular flexibility index (Phi) is 5.85. The van der Waals surface area contributed by atoms with Crippen LogP contribution in [0.3, 0.4) is 0 Å². The number of anilines is 1. The van der Waals surface area contributed by atoms with Gasteiger partial charge in [0.25, 0.3) is 11.5 Å². The number of hydrogen-bond acceptors (Lipinski definition) is 5. The highest BCUT2D eigenvalue weighted by Gasteiger charge is 2.32. The molecule has 0 unspecified atom stereocenters. The topological polar surface area (TPSA) is 98.5 Å². The van der Waals surface area contributed by atoms with Crippen LogP contribution in [-0.4, -0.2) is 50.8 Å². The van der Waals surface area contributed by atoms with E-state index >= 15 is 0 Å². The second kappa shape index (κ2) is 8.96. The number of rotatable bonds is 5. The highest BCUT2D eigenvalue weighted by molar-refractivity contribution is 6.08. The molecular formula is C25H29N5O4. The van der Waals surface area contributed by atoms with Crippen molar-refractivity contribution in [3.63, 3.8) is 0 Å². The zero-order chi connectivity index (χ0) is 23.8. The van der Waals surface area contributed by atoms with E-state index in [-0.39, 0.29) is 17.3 Å². The average molecular weight is 464 g/mol. The van der Waals surface area contributed by atoms with Crippen molar-refractivity contribution >= 4 is 28.4 Å². The first-order valence-corrected chi connectivity index (χ1v) is 11.8. The zero-order valence-electron chi connectivity index (χ0n) is 19.5. The number of ether oxygens (including phenoxy) is 1. The maximum atomic E-state index is 13.0. The van der Waals surface area contributed by atoms with Gasteiger partial charge < -0.3 is 19.5 Å². The summed E-state index contributed by atoms with van der Waals surface area (Å²) in [5.41, 5.74) is 1.02. The fraction of sp³-hybridized carbons (Fsp3) is 0.440. The van der Waals surface area contributed by atoms with E-state index in [4.69, 9.17) is 9.84 Å². The van der Waals surface area contributed by atoms with Crippen molar-refractivity contribution in [2.24, 2.45) is 7.05 Å². The third-order valence-electron chi connectivity index (χ3n) is 7.05. The van der Waals surface area contributed by atoms with Gasteiger partial charge in [-0.1, -0.05) is 0 Å². The minimum absolute atomic E-state index is 0.209. The highest BCUT2D eigenvalue weighted by Crippen LogP contribution is 2.34. The number of pyridine rings is 1. The molecule has 2 aromatic heterocycles. The molecule has 9 nitrogen and oxygen atoms in total. The highest BCUT2D eigenvalue weighted by atomic mass is 16.5. The van der Waals surface area contributed by atoms with E-state index in [9.17, 15) is 14.4 Å². The molecule has 3 heterocycles. The van der Waals surface area contributed by atoms with E-state index in [1.54, 1.807) is 37.5 Å².